The van der Waals surface area contributed by atoms with E-state index in [1.807, 2.05) is 0 Å². The van der Waals surface area contributed by atoms with Crippen molar-refractivity contribution in [2.24, 2.45) is 5.73 Å². The highest BCUT2D eigenvalue weighted by molar-refractivity contribution is 5.95. The fourth-order valence-electron chi connectivity index (χ4n) is 3.23. The number of carboxylic acids is 1. The Morgan fingerprint density at radius 1 is 1.08 bits per heavy atom. The van der Waals surface area contributed by atoms with E-state index in [1.54, 1.807) is 48.5 Å². The number of urea groups is 1. The van der Waals surface area contributed by atoms with Gasteiger partial charge in [0, 0.05) is 31.7 Å². The van der Waals surface area contributed by atoms with Gasteiger partial charge < -0.3 is 31.1 Å². The van der Waals surface area contributed by atoms with E-state index >= 15 is 0 Å². The molecule has 0 saturated heterocycles. The molecule has 0 aliphatic heterocycles. The minimum atomic E-state index is -1.37. The second-order valence-corrected chi connectivity index (χ2v) is 8.03. The zero-order chi connectivity index (χ0) is 28.1. The van der Waals surface area contributed by atoms with Crippen molar-refractivity contribution in [3.05, 3.63) is 77.4 Å². The Labute approximate surface area is 219 Å². The molecule has 6 N–H and O–H groups in total. The summed E-state index contributed by atoms with van der Waals surface area (Å²) in [5, 5.41) is 22.0. The van der Waals surface area contributed by atoms with Crippen LogP contribution in [0.1, 0.15) is 36.1 Å². The van der Waals surface area contributed by atoms with E-state index in [-0.39, 0.29) is 25.3 Å². The van der Waals surface area contributed by atoms with Crippen LogP contribution in [0, 0.1) is 5.41 Å². The third-order valence-corrected chi connectivity index (χ3v) is 5.07. The van der Waals surface area contributed by atoms with Crippen molar-refractivity contribution in [3.63, 3.8) is 0 Å². The van der Waals surface area contributed by atoms with Crippen molar-refractivity contribution in [1.29, 1.82) is 5.41 Å². The van der Waals surface area contributed by atoms with Crippen LogP contribution in [0.15, 0.2) is 60.7 Å². The summed E-state index contributed by atoms with van der Waals surface area (Å²) in [5.41, 5.74) is 7.03. The normalized spacial score (nSPS) is 11.3. The van der Waals surface area contributed by atoms with Crippen LogP contribution in [0.5, 0.6) is 0 Å². The van der Waals surface area contributed by atoms with Gasteiger partial charge in [0.15, 0.2) is 6.04 Å². The molecule has 0 aliphatic carbocycles. The molecule has 12 nitrogen and oxygen atoms in total. The van der Waals surface area contributed by atoms with E-state index in [0.717, 1.165) is 17.4 Å². The minimum Gasteiger partial charge on any atom is -0.479 e. The van der Waals surface area contributed by atoms with E-state index in [0.29, 0.717) is 11.1 Å². The molecule has 38 heavy (non-hydrogen) atoms. The number of hydrogen-bond acceptors (Lipinski definition) is 7. The molecular weight excluding hydrogens is 494 g/mol. The Morgan fingerprint density at radius 2 is 1.74 bits per heavy atom. The number of nitrogen functional groups attached to an aromatic ring is 1. The molecule has 0 aromatic heterocycles. The molecule has 2 aromatic rings. The fraction of sp³-hybridized carbons (Fsp3) is 0.231. The molecule has 3 amide bonds. The first-order valence-electron chi connectivity index (χ1n) is 11.5. The van der Waals surface area contributed by atoms with Gasteiger partial charge in [0.2, 0.25) is 5.91 Å². The van der Waals surface area contributed by atoms with Crippen molar-refractivity contribution in [1.82, 2.24) is 15.5 Å². The fourth-order valence-corrected chi connectivity index (χ4v) is 3.23. The predicted octanol–water partition coefficient (Wildman–Crippen LogP) is 1.42. The average molecular weight is 524 g/mol. The number of amidine groups is 1. The molecule has 2 rings (SSSR count). The van der Waals surface area contributed by atoms with Crippen molar-refractivity contribution >= 4 is 41.8 Å². The highest BCUT2D eigenvalue weighted by Crippen LogP contribution is 2.13. The number of amides is 3. The number of rotatable bonds is 12. The maximum Gasteiger partial charge on any atom is 0.333 e. The third-order valence-electron chi connectivity index (χ3n) is 5.07. The molecule has 0 heterocycles. The van der Waals surface area contributed by atoms with Gasteiger partial charge in [0.25, 0.3) is 0 Å². The third kappa shape index (κ3) is 9.93. The first kappa shape index (κ1) is 29.2. The molecule has 0 fully saturated rings. The summed E-state index contributed by atoms with van der Waals surface area (Å²) in [6, 6.07) is 12.5. The molecule has 200 valence electrons. The van der Waals surface area contributed by atoms with E-state index < -0.39 is 42.4 Å². The van der Waals surface area contributed by atoms with E-state index in [1.165, 1.54) is 18.2 Å². The lowest BCUT2D eigenvalue weighted by Gasteiger charge is -2.24. The summed E-state index contributed by atoms with van der Waals surface area (Å²) >= 11 is 0. The van der Waals surface area contributed by atoms with Gasteiger partial charge in [0.1, 0.15) is 12.4 Å². The van der Waals surface area contributed by atoms with Gasteiger partial charge in [0.05, 0.1) is 0 Å². The summed E-state index contributed by atoms with van der Waals surface area (Å²) in [6.07, 6.45) is 3.11. The summed E-state index contributed by atoms with van der Waals surface area (Å²) in [5.74, 6) is -3.59. The molecule has 0 saturated carbocycles. The first-order valence-corrected chi connectivity index (χ1v) is 11.5. The van der Waals surface area contributed by atoms with E-state index in [9.17, 15) is 29.1 Å². The van der Waals surface area contributed by atoms with Gasteiger partial charge >= 0.3 is 23.9 Å². The average Bonchev–Trinajstić information content (AvgIpc) is 2.87. The molecule has 1 atom stereocenters. The Kier molecular flexibility index (Phi) is 11.2. The van der Waals surface area contributed by atoms with Gasteiger partial charge in [-0.3, -0.25) is 15.0 Å². The SMILES string of the molecule is CC(=O)OC(=O)CN(CCCNC(=O)C=Cc1ccc(C(=N)N)cc1)C(=O)NC(C(=O)O)c1ccccc1. The Morgan fingerprint density at radius 3 is 2.32 bits per heavy atom. The number of hydrogen-bond donors (Lipinski definition) is 5. The Balaban J connectivity index is 1.96. The topological polar surface area (TPSA) is 192 Å². The lowest BCUT2D eigenvalue weighted by Crippen LogP contribution is -2.47. The lowest BCUT2D eigenvalue weighted by molar-refractivity contribution is -0.158. The van der Waals surface area contributed by atoms with Crippen molar-refractivity contribution in [3.8, 4) is 0 Å². The number of nitrogens with zero attached hydrogens (tertiary/aromatic N) is 1. The van der Waals surface area contributed by atoms with Crippen LogP contribution in [-0.4, -0.2) is 65.3 Å². The highest BCUT2D eigenvalue weighted by Gasteiger charge is 2.26. The molecule has 12 heteroatoms. The van der Waals surface area contributed by atoms with Crippen LogP contribution in [0.25, 0.3) is 6.08 Å². The van der Waals surface area contributed by atoms with Gasteiger partial charge in [-0.1, -0.05) is 54.6 Å². The monoisotopic (exact) mass is 523 g/mol. The number of nitrogens with two attached hydrogens (primary N) is 1. The predicted molar refractivity (Wildman–Crippen MR) is 138 cm³/mol. The number of aliphatic carboxylic acids is 1. The van der Waals surface area contributed by atoms with Crippen molar-refractivity contribution in [2.75, 3.05) is 19.6 Å². The lowest BCUT2D eigenvalue weighted by atomic mass is 10.1. The molecule has 0 bridgehead atoms. The summed E-state index contributed by atoms with van der Waals surface area (Å²) in [4.78, 5) is 60.8. The van der Waals surface area contributed by atoms with Gasteiger partial charge in [-0.05, 0) is 23.6 Å². The second kappa shape index (κ2) is 14.5. The van der Waals surface area contributed by atoms with Gasteiger partial charge in [-0.2, -0.15) is 0 Å². The zero-order valence-corrected chi connectivity index (χ0v) is 20.7. The zero-order valence-electron chi connectivity index (χ0n) is 20.7. The van der Waals surface area contributed by atoms with Crippen LogP contribution < -0.4 is 16.4 Å². The number of esters is 2. The molecule has 0 spiro atoms. The minimum absolute atomic E-state index is 0.0452. The molecule has 0 aliphatic rings. The number of benzene rings is 2. The number of carboxylic acid groups (broad SMARTS) is 1. The quantitative estimate of drug-likeness (QED) is 0.0688. The number of carbonyl (C=O) groups is 5. The summed E-state index contributed by atoms with van der Waals surface area (Å²) in [6.45, 7) is 0.533. The molecule has 0 radical (unpaired) electrons. The van der Waals surface area contributed by atoms with Crippen LogP contribution >= 0.6 is 0 Å². The second-order valence-electron chi connectivity index (χ2n) is 8.03. The molecular formula is C26H29N5O7. The standard InChI is InChI=1S/C26H29N5O7/c1-17(32)38-22(34)16-31(26(37)30-23(25(35)36)19-6-3-2-4-7-19)15-5-14-29-21(33)13-10-18-8-11-20(12-9-18)24(27)28/h2-4,6-13,23H,5,14-16H2,1H3,(H3,27,28)(H,29,33)(H,30,37)(H,35,36). The number of ether oxygens (including phenoxy) is 1. The van der Waals surface area contributed by atoms with Crippen LogP contribution in [0.3, 0.4) is 0 Å². The van der Waals surface area contributed by atoms with Crippen LogP contribution in [0.2, 0.25) is 0 Å². The van der Waals surface area contributed by atoms with E-state index in [4.69, 9.17) is 11.1 Å². The van der Waals surface area contributed by atoms with Crippen molar-refractivity contribution in [2.45, 2.75) is 19.4 Å². The van der Waals surface area contributed by atoms with Crippen LogP contribution in [0.4, 0.5) is 4.79 Å². The molecule has 1 unspecified atom stereocenters. The summed E-state index contributed by atoms with van der Waals surface area (Å²) in [7, 11) is 0. The van der Waals surface area contributed by atoms with E-state index in [2.05, 4.69) is 15.4 Å². The van der Waals surface area contributed by atoms with Gasteiger partial charge in [-0.15, -0.1) is 0 Å². The van der Waals surface area contributed by atoms with Gasteiger partial charge in [-0.25, -0.2) is 14.4 Å². The first-order chi connectivity index (χ1) is 18.1. The number of nitrogens with one attached hydrogen (secondary N) is 3. The Hall–Kier alpha value is -5.00. The van der Waals surface area contributed by atoms with Crippen LogP contribution in [-0.2, 0) is 23.9 Å². The number of carbonyl (C=O) groups excluding carboxylic acids is 4. The highest BCUT2D eigenvalue weighted by atomic mass is 16.6. The Bertz CT molecular complexity index is 1200. The maximum absolute atomic E-state index is 12.8. The van der Waals surface area contributed by atoms with Crippen molar-refractivity contribution < 1.29 is 33.8 Å². The maximum atomic E-state index is 12.8. The summed E-state index contributed by atoms with van der Waals surface area (Å²) < 4.78 is 4.49. The molecule has 2 aromatic carbocycles. The largest absolute Gasteiger partial charge is 0.479 e. The smallest absolute Gasteiger partial charge is 0.333 e.